The Morgan fingerprint density at radius 1 is 1.62 bits per heavy atom. The van der Waals surface area contributed by atoms with E-state index in [2.05, 4.69) is 16.9 Å². The molecule has 4 heteroatoms. The number of pyridine rings is 1. The van der Waals surface area contributed by atoms with Crippen molar-refractivity contribution in [3.8, 4) is 0 Å². The lowest BCUT2D eigenvalue weighted by atomic mass is 9.85. The van der Waals surface area contributed by atoms with Gasteiger partial charge in [0, 0.05) is 19.8 Å². The van der Waals surface area contributed by atoms with Crippen molar-refractivity contribution in [2.24, 2.45) is 11.7 Å². The number of hydrogen-bond acceptors (Lipinski definition) is 3. The van der Waals surface area contributed by atoms with Gasteiger partial charge in [-0.2, -0.15) is 0 Å². The lowest BCUT2D eigenvalue weighted by Gasteiger charge is -2.31. The second kappa shape index (κ2) is 4.78. The van der Waals surface area contributed by atoms with Gasteiger partial charge in [-0.05, 0) is 30.9 Å². The van der Waals surface area contributed by atoms with Gasteiger partial charge < -0.3 is 10.6 Å². The minimum Gasteiger partial charge on any atom is -0.389 e. The summed E-state index contributed by atoms with van der Waals surface area (Å²) in [6.45, 7) is 1.05. The number of nitrogens with zero attached hydrogens (tertiary/aromatic N) is 2. The van der Waals surface area contributed by atoms with E-state index >= 15 is 0 Å². The molecule has 1 saturated carbocycles. The van der Waals surface area contributed by atoms with E-state index in [0.29, 0.717) is 4.99 Å². The van der Waals surface area contributed by atoms with Gasteiger partial charge in [-0.15, -0.1) is 0 Å². The van der Waals surface area contributed by atoms with Crippen LogP contribution in [0.4, 0.5) is 5.82 Å². The van der Waals surface area contributed by atoms with Crippen molar-refractivity contribution in [1.29, 1.82) is 0 Å². The Balaban J connectivity index is 2.14. The maximum Gasteiger partial charge on any atom is 0.138 e. The van der Waals surface area contributed by atoms with Crippen LogP contribution in [0.3, 0.4) is 0 Å². The molecule has 0 unspecified atom stereocenters. The molecule has 1 fully saturated rings. The summed E-state index contributed by atoms with van der Waals surface area (Å²) >= 11 is 5.04. The second-order valence-electron chi connectivity index (χ2n) is 4.42. The zero-order valence-electron chi connectivity index (χ0n) is 9.52. The molecule has 0 saturated heterocycles. The van der Waals surface area contributed by atoms with Gasteiger partial charge in [0.05, 0.1) is 5.56 Å². The van der Waals surface area contributed by atoms with Gasteiger partial charge in [0.1, 0.15) is 10.8 Å². The number of aromatic nitrogens is 1. The monoisotopic (exact) mass is 235 g/mol. The van der Waals surface area contributed by atoms with E-state index in [-0.39, 0.29) is 0 Å². The van der Waals surface area contributed by atoms with E-state index in [0.717, 1.165) is 23.8 Å². The molecule has 1 aliphatic rings. The third-order valence-electron chi connectivity index (χ3n) is 3.17. The van der Waals surface area contributed by atoms with Gasteiger partial charge in [0.25, 0.3) is 0 Å². The molecule has 0 aliphatic heterocycles. The first-order chi connectivity index (χ1) is 7.68. The van der Waals surface area contributed by atoms with E-state index in [1.165, 1.54) is 19.3 Å². The summed E-state index contributed by atoms with van der Waals surface area (Å²) in [5.41, 5.74) is 6.57. The van der Waals surface area contributed by atoms with Gasteiger partial charge in [0.2, 0.25) is 0 Å². The normalized spacial score (nSPS) is 15.6. The first-order valence-electron chi connectivity index (χ1n) is 5.64. The number of thiocarbonyl (C=S) groups is 1. The molecule has 86 valence electrons. The van der Waals surface area contributed by atoms with Crippen molar-refractivity contribution in [2.75, 3.05) is 18.5 Å². The van der Waals surface area contributed by atoms with Crippen molar-refractivity contribution in [3.05, 3.63) is 23.9 Å². The van der Waals surface area contributed by atoms with E-state index in [4.69, 9.17) is 18.0 Å². The predicted octanol–water partition coefficient (Wildman–Crippen LogP) is 1.95. The Labute approximate surface area is 102 Å². The molecule has 0 atom stereocenters. The maximum absolute atomic E-state index is 5.69. The molecule has 0 aromatic carbocycles. The van der Waals surface area contributed by atoms with Gasteiger partial charge in [-0.25, -0.2) is 4.98 Å². The van der Waals surface area contributed by atoms with E-state index < -0.39 is 0 Å². The Bertz CT molecular complexity index is 388. The summed E-state index contributed by atoms with van der Waals surface area (Å²) in [6.07, 6.45) is 5.82. The minimum absolute atomic E-state index is 0.420. The summed E-state index contributed by atoms with van der Waals surface area (Å²) in [5, 5.41) is 0. The fourth-order valence-corrected chi connectivity index (χ4v) is 2.20. The molecule has 16 heavy (non-hydrogen) atoms. The summed E-state index contributed by atoms with van der Waals surface area (Å²) < 4.78 is 0. The fourth-order valence-electron chi connectivity index (χ4n) is 2.04. The average molecular weight is 235 g/mol. The molecule has 0 bridgehead atoms. The molecular weight excluding hydrogens is 218 g/mol. The van der Waals surface area contributed by atoms with Gasteiger partial charge in [-0.1, -0.05) is 18.6 Å². The molecule has 1 aromatic rings. The van der Waals surface area contributed by atoms with Crippen molar-refractivity contribution >= 4 is 23.0 Å². The minimum atomic E-state index is 0.420. The summed E-state index contributed by atoms with van der Waals surface area (Å²) in [6, 6.07) is 3.80. The SMILES string of the molecule is CN(CC1CCC1)c1ncccc1C(N)=S. The van der Waals surface area contributed by atoms with Crippen LogP contribution in [0.15, 0.2) is 18.3 Å². The van der Waals surface area contributed by atoms with E-state index in [1.807, 2.05) is 12.1 Å². The quantitative estimate of drug-likeness (QED) is 0.810. The molecule has 2 rings (SSSR count). The van der Waals surface area contributed by atoms with Crippen LogP contribution in [0.25, 0.3) is 0 Å². The first kappa shape index (κ1) is 11.3. The molecule has 0 amide bonds. The van der Waals surface area contributed by atoms with Crippen LogP contribution in [-0.4, -0.2) is 23.6 Å². The van der Waals surface area contributed by atoms with Gasteiger partial charge in [0.15, 0.2) is 0 Å². The Hall–Kier alpha value is -1.16. The third kappa shape index (κ3) is 2.32. The zero-order chi connectivity index (χ0) is 11.5. The molecule has 0 spiro atoms. The largest absolute Gasteiger partial charge is 0.389 e. The van der Waals surface area contributed by atoms with Crippen molar-refractivity contribution in [3.63, 3.8) is 0 Å². The molecular formula is C12H17N3S. The average Bonchev–Trinajstić information content (AvgIpc) is 2.23. The number of nitrogens with two attached hydrogens (primary N) is 1. The molecule has 0 radical (unpaired) electrons. The topological polar surface area (TPSA) is 42.2 Å². The molecule has 1 aromatic heterocycles. The van der Waals surface area contributed by atoms with Crippen molar-refractivity contribution in [2.45, 2.75) is 19.3 Å². The van der Waals surface area contributed by atoms with Crippen molar-refractivity contribution < 1.29 is 0 Å². The summed E-state index contributed by atoms with van der Waals surface area (Å²) in [5.74, 6) is 1.72. The standard InChI is InChI=1S/C12H17N3S/c1-15(8-9-4-2-5-9)12-10(11(13)16)6-3-7-14-12/h3,6-7,9H,2,4-5,8H2,1H3,(H2,13,16). The highest BCUT2D eigenvalue weighted by molar-refractivity contribution is 7.80. The fraction of sp³-hybridized carbons (Fsp3) is 0.500. The third-order valence-corrected chi connectivity index (χ3v) is 3.39. The lowest BCUT2D eigenvalue weighted by Crippen LogP contribution is -2.31. The summed E-state index contributed by atoms with van der Waals surface area (Å²) in [7, 11) is 2.06. The lowest BCUT2D eigenvalue weighted by molar-refractivity contribution is 0.321. The molecule has 1 aliphatic carbocycles. The molecule has 3 nitrogen and oxygen atoms in total. The van der Waals surface area contributed by atoms with Crippen LogP contribution in [0.5, 0.6) is 0 Å². The predicted molar refractivity (Wildman–Crippen MR) is 70.7 cm³/mol. The zero-order valence-corrected chi connectivity index (χ0v) is 10.3. The van der Waals surface area contributed by atoms with E-state index in [9.17, 15) is 0 Å². The second-order valence-corrected chi connectivity index (χ2v) is 4.86. The van der Waals surface area contributed by atoms with Crippen LogP contribution < -0.4 is 10.6 Å². The van der Waals surface area contributed by atoms with Crippen LogP contribution in [0.2, 0.25) is 0 Å². The highest BCUT2D eigenvalue weighted by Crippen LogP contribution is 2.28. The molecule has 1 heterocycles. The smallest absolute Gasteiger partial charge is 0.138 e. The van der Waals surface area contributed by atoms with Crippen LogP contribution in [0, 0.1) is 5.92 Å². The highest BCUT2D eigenvalue weighted by Gasteiger charge is 2.21. The van der Waals surface area contributed by atoms with Crippen molar-refractivity contribution in [1.82, 2.24) is 4.98 Å². The van der Waals surface area contributed by atoms with Gasteiger partial charge in [-0.3, -0.25) is 0 Å². The van der Waals surface area contributed by atoms with Gasteiger partial charge >= 0.3 is 0 Å². The molecule has 2 N–H and O–H groups in total. The highest BCUT2D eigenvalue weighted by atomic mass is 32.1. The number of hydrogen-bond donors (Lipinski definition) is 1. The maximum atomic E-state index is 5.69. The Morgan fingerprint density at radius 2 is 2.38 bits per heavy atom. The number of rotatable bonds is 4. The Kier molecular flexibility index (Phi) is 3.39. The van der Waals surface area contributed by atoms with Crippen LogP contribution in [-0.2, 0) is 0 Å². The summed E-state index contributed by atoms with van der Waals surface area (Å²) in [4.78, 5) is 6.95. The van der Waals surface area contributed by atoms with Crippen LogP contribution in [0.1, 0.15) is 24.8 Å². The first-order valence-corrected chi connectivity index (χ1v) is 6.05. The number of anilines is 1. The Morgan fingerprint density at radius 3 is 2.94 bits per heavy atom. The van der Waals surface area contributed by atoms with E-state index in [1.54, 1.807) is 6.20 Å². The van der Waals surface area contributed by atoms with Crippen LogP contribution >= 0.6 is 12.2 Å².